The molecule has 0 atom stereocenters. The zero-order valence-corrected chi connectivity index (χ0v) is 12.4. The third-order valence-electron chi connectivity index (χ3n) is 2.92. The van der Waals surface area contributed by atoms with Gasteiger partial charge in [0.15, 0.2) is 11.5 Å². The molecule has 0 radical (unpaired) electrons. The van der Waals surface area contributed by atoms with Gasteiger partial charge in [0.25, 0.3) is 0 Å². The molecule has 0 aliphatic carbocycles. The average molecular weight is 308 g/mol. The Bertz CT molecular complexity index is 606. The molecule has 5 heteroatoms. The van der Waals surface area contributed by atoms with E-state index in [2.05, 4.69) is 11.1 Å². The molecule has 0 saturated heterocycles. The Hall–Kier alpha value is -1.39. The molecule has 0 amide bonds. The number of hydrogen-bond acceptors (Lipinski definition) is 4. The zero-order valence-electron chi connectivity index (χ0n) is 10.8. The smallest absolute Gasteiger partial charge is 0.162 e. The Kier molecular flexibility index (Phi) is 4.33. The number of fused-ring (bicyclic) bond motifs is 1. The molecule has 0 bridgehead atoms. The van der Waals surface area contributed by atoms with E-state index in [1.165, 1.54) is 0 Å². The van der Waals surface area contributed by atoms with Crippen molar-refractivity contribution in [3.05, 3.63) is 47.2 Å². The van der Waals surface area contributed by atoms with Gasteiger partial charge in [-0.1, -0.05) is 11.6 Å². The molecule has 0 spiro atoms. The lowest BCUT2D eigenvalue weighted by atomic mass is 10.3. The predicted octanol–water partition coefficient (Wildman–Crippen LogP) is 4.19. The molecule has 2 heterocycles. The van der Waals surface area contributed by atoms with Gasteiger partial charge in [0, 0.05) is 23.3 Å². The highest BCUT2D eigenvalue weighted by Crippen LogP contribution is 2.34. The monoisotopic (exact) mass is 307 g/mol. The van der Waals surface area contributed by atoms with Crippen LogP contribution in [0.25, 0.3) is 0 Å². The summed E-state index contributed by atoms with van der Waals surface area (Å²) in [6.07, 6.45) is 2.65. The number of thioether (sulfide) groups is 1. The molecule has 0 N–H and O–H groups in total. The summed E-state index contributed by atoms with van der Waals surface area (Å²) in [6, 6.07) is 9.93. The molecule has 2 aromatic rings. The van der Waals surface area contributed by atoms with Crippen LogP contribution in [0.15, 0.2) is 41.4 Å². The molecule has 0 saturated carbocycles. The van der Waals surface area contributed by atoms with Gasteiger partial charge in [-0.15, -0.1) is 11.8 Å². The Morgan fingerprint density at radius 1 is 1.10 bits per heavy atom. The second kappa shape index (κ2) is 6.37. The van der Waals surface area contributed by atoms with Crippen molar-refractivity contribution < 1.29 is 9.47 Å². The number of rotatable bonds is 3. The Morgan fingerprint density at radius 3 is 2.80 bits per heavy atom. The van der Waals surface area contributed by atoms with Gasteiger partial charge in [0.1, 0.15) is 5.15 Å². The number of benzene rings is 1. The Balaban J connectivity index is 1.70. The van der Waals surface area contributed by atoms with Gasteiger partial charge in [-0.05, 0) is 35.9 Å². The molecule has 1 aliphatic rings. The summed E-state index contributed by atoms with van der Waals surface area (Å²) in [5.41, 5.74) is 1.15. The lowest BCUT2D eigenvalue weighted by molar-refractivity contribution is 0.297. The molecule has 0 unspecified atom stereocenters. The number of hydrogen-bond donors (Lipinski definition) is 0. The largest absolute Gasteiger partial charge is 0.490 e. The van der Waals surface area contributed by atoms with Crippen LogP contribution < -0.4 is 9.47 Å². The number of halogens is 1. The van der Waals surface area contributed by atoms with E-state index in [1.807, 2.05) is 24.3 Å². The van der Waals surface area contributed by atoms with Crippen LogP contribution in [0.2, 0.25) is 5.15 Å². The molecule has 20 heavy (non-hydrogen) atoms. The first kappa shape index (κ1) is 13.6. The molecular formula is C15H14ClNO2S. The summed E-state index contributed by atoms with van der Waals surface area (Å²) in [5.74, 6) is 2.51. The van der Waals surface area contributed by atoms with Crippen LogP contribution in [0.3, 0.4) is 0 Å². The predicted molar refractivity (Wildman–Crippen MR) is 80.9 cm³/mol. The maximum Gasteiger partial charge on any atom is 0.162 e. The van der Waals surface area contributed by atoms with E-state index in [0.29, 0.717) is 11.8 Å². The first-order valence-electron chi connectivity index (χ1n) is 6.44. The van der Waals surface area contributed by atoms with E-state index in [4.69, 9.17) is 21.1 Å². The van der Waals surface area contributed by atoms with Gasteiger partial charge >= 0.3 is 0 Å². The highest BCUT2D eigenvalue weighted by atomic mass is 35.5. The molecule has 1 aromatic carbocycles. The fourth-order valence-corrected chi connectivity index (χ4v) is 3.00. The van der Waals surface area contributed by atoms with Crippen LogP contribution in [0.4, 0.5) is 0 Å². The van der Waals surface area contributed by atoms with Crippen molar-refractivity contribution in [1.82, 2.24) is 4.98 Å². The summed E-state index contributed by atoms with van der Waals surface area (Å²) >= 11 is 7.62. The second-order valence-corrected chi connectivity index (χ2v) is 5.87. The van der Waals surface area contributed by atoms with Crippen molar-refractivity contribution in [2.45, 2.75) is 17.1 Å². The SMILES string of the molecule is Clc1cc(CSc2ccc3c(c2)OCCCO3)ccn1. The first-order valence-corrected chi connectivity index (χ1v) is 7.80. The van der Waals surface area contributed by atoms with E-state index in [9.17, 15) is 0 Å². The van der Waals surface area contributed by atoms with Crippen LogP contribution in [-0.2, 0) is 5.75 Å². The van der Waals surface area contributed by atoms with E-state index < -0.39 is 0 Å². The summed E-state index contributed by atoms with van der Waals surface area (Å²) in [6.45, 7) is 1.43. The van der Waals surface area contributed by atoms with E-state index >= 15 is 0 Å². The van der Waals surface area contributed by atoms with Gasteiger partial charge in [0.05, 0.1) is 13.2 Å². The minimum atomic E-state index is 0.529. The minimum Gasteiger partial charge on any atom is -0.490 e. The molecule has 104 valence electrons. The summed E-state index contributed by atoms with van der Waals surface area (Å²) in [4.78, 5) is 5.14. The third kappa shape index (κ3) is 3.38. The molecule has 3 rings (SSSR count). The molecule has 1 aromatic heterocycles. The van der Waals surface area contributed by atoms with E-state index in [-0.39, 0.29) is 0 Å². The van der Waals surface area contributed by atoms with Crippen LogP contribution >= 0.6 is 23.4 Å². The van der Waals surface area contributed by atoms with Crippen molar-refractivity contribution >= 4 is 23.4 Å². The van der Waals surface area contributed by atoms with Crippen molar-refractivity contribution in [3.8, 4) is 11.5 Å². The molecule has 3 nitrogen and oxygen atoms in total. The van der Waals surface area contributed by atoms with Crippen LogP contribution in [0.5, 0.6) is 11.5 Å². The van der Waals surface area contributed by atoms with E-state index in [1.54, 1.807) is 18.0 Å². The van der Waals surface area contributed by atoms with Crippen LogP contribution in [0, 0.1) is 0 Å². The molecule has 0 fully saturated rings. The normalized spacial score (nSPS) is 13.8. The van der Waals surface area contributed by atoms with Crippen LogP contribution in [-0.4, -0.2) is 18.2 Å². The zero-order chi connectivity index (χ0) is 13.8. The number of pyridine rings is 1. The van der Waals surface area contributed by atoms with Gasteiger partial charge in [-0.2, -0.15) is 0 Å². The van der Waals surface area contributed by atoms with Crippen molar-refractivity contribution in [2.75, 3.05) is 13.2 Å². The fourth-order valence-electron chi connectivity index (χ4n) is 1.93. The minimum absolute atomic E-state index is 0.529. The quantitative estimate of drug-likeness (QED) is 0.628. The Morgan fingerprint density at radius 2 is 1.95 bits per heavy atom. The Labute approximate surface area is 127 Å². The summed E-state index contributed by atoms with van der Waals surface area (Å²) in [7, 11) is 0. The third-order valence-corrected chi connectivity index (χ3v) is 4.19. The highest BCUT2D eigenvalue weighted by Gasteiger charge is 2.10. The lowest BCUT2D eigenvalue weighted by Crippen LogP contribution is -1.97. The number of aromatic nitrogens is 1. The van der Waals surface area contributed by atoms with Gasteiger partial charge in [-0.3, -0.25) is 0 Å². The number of nitrogens with zero attached hydrogens (tertiary/aromatic N) is 1. The van der Waals surface area contributed by atoms with Crippen molar-refractivity contribution in [1.29, 1.82) is 0 Å². The second-order valence-electron chi connectivity index (χ2n) is 4.43. The average Bonchev–Trinajstić information content (AvgIpc) is 2.70. The fraction of sp³-hybridized carbons (Fsp3) is 0.267. The summed E-state index contributed by atoms with van der Waals surface area (Å²) < 4.78 is 11.3. The molecular weight excluding hydrogens is 294 g/mol. The van der Waals surface area contributed by atoms with Crippen LogP contribution in [0.1, 0.15) is 12.0 Å². The highest BCUT2D eigenvalue weighted by molar-refractivity contribution is 7.98. The topological polar surface area (TPSA) is 31.4 Å². The van der Waals surface area contributed by atoms with Crippen molar-refractivity contribution in [2.24, 2.45) is 0 Å². The van der Waals surface area contributed by atoms with Gasteiger partial charge in [-0.25, -0.2) is 4.98 Å². The standard InChI is InChI=1S/C15H14ClNO2S/c16-15-8-11(4-5-17-15)10-20-12-2-3-13-14(9-12)19-7-1-6-18-13/h2-5,8-9H,1,6-7,10H2. The number of ether oxygens (including phenoxy) is 2. The first-order chi connectivity index (χ1) is 9.81. The van der Waals surface area contributed by atoms with Gasteiger partial charge < -0.3 is 9.47 Å². The summed E-state index contributed by atoms with van der Waals surface area (Å²) in [5, 5.41) is 0.529. The van der Waals surface area contributed by atoms with Gasteiger partial charge in [0.2, 0.25) is 0 Å². The lowest BCUT2D eigenvalue weighted by Gasteiger charge is -2.09. The maximum absolute atomic E-state index is 5.88. The molecule has 1 aliphatic heterocycles. The van der Waals surface area contributed by atoms with Crippen molar-refractivity contribution in [3.63, 3.8) is 0 Å². The maximum atomic E-state index is 5.88. The van der Waals surface area contributed by atoms with E-state index in [0.717, 1.165) is 40.7 Å².